The highest BCUT2D eigenvalue weighted by atomic mass is 35.5. The largest absolute Gasteiger partial charge is 0.467 e. The molecule has 22 heavy (non-hydrogen) atoms. The number of nitrogens with one attached hydrogen (secondary N) is 1. The predicted octanol–water partition coefficient (Wildman–Crippen LogP) is 3.33. The van der Waals surface area contributed by atoms with E-state index in [9.17, 15) is 4.79 Å². The summed E-state index contributed by atoms with van der Waals surface area (Å²) in [5, 5.41) is 2.98. The summed E-state index contributed by atoms with van der Waals surface area (Å²) in [6.45, 7) is 5.22. The average Bonchev–Trinajstić information content (AvgIpc) is 2.97. The van der Waals surface area contributed by atoms with E-state index in [1.54, 1.807) is 6.07 Å². The molecule has 1 heterocycles. The fraction of sp³-hybridized carbons (Fsp3) is 0.353. The molecule has 5 heteroatoms. The molecule has 2 rings (SSSR count). The number of amides is 1. The Balaban J connectivity index is 0.00000242. The van der Waals surface area contributed by atoms with Crippen LogP contribution in [-0.4, -0.2) is 12.5 Å². The van der Waals surface area contributed by atoms with E-state index >= 15 is 0 Å². The van der Waals surface area contributed by atoms with Crippen LogP contribution in [0.4, 0.5) is 0 Å². The maximum Gasteiger partial charge on any atom is 0.254 e. The first kappa shape index (κ1) is 18.3. The fourth-order valence-corrected chi connectivity index (χ4v) is 2.35. The van der Waals surface area contributed by atoms with Gasteiger partial charge in [-0.1, -0.05) is 44.2 Å². The van der Waals surface area contributed by atoms with Crippen molar-refractivity contribution in [3.8, 4) is 0 Å². The van der Waals surface area contributed by atoms with E-state index in [0.29, 0.717) is 30.3 Å². The maximum absolute atomic E-state index is 12.1. The summed E-state index contributed by atoms with van der Waals surface area (Å²) in [6, 6.07) is 11.9. The summed E-state index contributed by atoms with van der Waals surface area (Å²) in [5.41, 5.74) is 7.23. The lowest BCUT2D eigenvalue weighted by atomic mass is 9.88. The first-order chi connectivity index (χ1) is 10.1. The Bertz CT molecular complexity index is 581. The van der Waals surface area contributed by atoms with Gasteiger partial charge in [-0.2, -0.15) is 0 Å². The number of carbonyl (C=O) groups excluding carboxylic acids is 1. The zero-order chi connectivity index (χ0) is 15.2. The number of furan rings is 1. The van der Waals surface area contributed by atoms with Crippen LogP contribution in [0.1, 0.15) is 41.4 Å². The highest BCUT2D eigenvalue weighted by Gasteiger charge is 2.17. The summed E-state index contributed by atoms with van der Waals surface area (Å²) < 4.78 is 5.19. The van der Waals surface area contributed by atoms with Crippen LogP contribution < -0.4 is 11.1 Å². The lowest BCUT2D eigenvalue weighted by Crippen LogP contribution is -2.30. The Labute approximate surface area is 137 Å². The molecule has 2 aromatic rings. The standard InChI is InChI=1S/C17H22N2O2.ClH/c1-12(2)16(13-6-4-3-5-7-13)10-19-17(20)14-8-15(9-18)21-11-14;/h3-8,11-12,16H,9-10,18H2,1-2H3,(H,19,20);1H. The van der Waals surface area contributed by atoms with Crippen molar-refractivity contribution < 1.29 is 9.21 Å². The van der Waals surface area contributed by atoms with Gasteiger partial charge in [0.05, 0.1) is 12.1 Å². The molecule has 1 aromatic carbocycles. The third-order valence-corrected chi connectivity index (χ3v) is 3.63. The van der Waals surface area contributed by atoms with Gasteiger partial charge in [-0.3, -0.25) is 4.79 Å². The normalized spacial score (nSPS) is 11.8. The van der Waals surface area contributed by atoms with E-state index in [4.69, 9.17) is 10.2 Å². The predicted molar refractivity (Wildman–Crippen MR) is 90.2 cm³/mol. The molecule has 0 bridgehead atoms. The van der Waals surface area contributed by atoms with E-state index in [2.05, 4.69) is 31.3 Å². The second kappa shape index (κ2) is 8.61. The van der Waals surface area contributed by atoms with Crippen molar-refractivity contribution in [2.45, 2.75) is 26.3 Å². The molecule has 0 aliphatic heterocycles. The smallest absolute Gasteiger partial charge is 0.254 e. The molecule has 1 aromatic heterocycles. The van der Waals surface area contributed by atoms with Crippen LogP contribution in [0.25, 0.3) is 0 Å². The minimum absolute atomic E-state index is 0. The van der Waals surface area contributed by atoms with Crippen molar-refractivity contribution in [2.24, 2.45) is 11.7 Å². The quantitative estimate of drug-likeness (QED) is 0.857. The molecule has 4 nitrogen and oxygen atoms in total. The van der Waals surface area contributed by atoms with Gasteiger partial charge in [-0.15, -0.1) is 12.4 Å². The van der Waals surface area contributed by atoms with Gasteiger partial charge in [0.15, 0.2) is 0 Å². The third-order valence-electron chi connectivity index (χ3n) is 3.63. The molecule has 0 aliphatic carbocycles. The van der Waals surface area contributed by atoms with E-state index in [-0.39, 0.29) is 24.2 Å². The second-order valence-electron chi connectivity index (χ2n) is 5.48. The Morgan fingerprint density at radius 1 is 1.27 bits per heavy atom. The Morgan fingerprint density at radius 2 is 1.95 bits per heavy atom. The number of carbonyl (C=O) groups is 1. The average molecular weight is 323 g/mol. The topological polar surface area (TPSA) is 68.3 Å². The van der Waals surface area contributed by atoms with Crippen molar-refractivity contribution in [2.75, 3.05) is 6.54 Å². The van der Waals surface area contributed by atoms with Gasteiger partial charge < -0.3 is 15.5 Å². The highest BCUT2D eigenvalue weighted by molar-refractivity contribution is 5.94. The molecular formula is C17H23ClN2O2. The molecule has 1 atom stereocenters. The first-order valence-corrected chi connectivity index (χ1v) is 7.22. The zero-order valence-electron chi connectivity index (χ0n) is 12.9. The van der Waals surface area contributed by atoms with Gasteiger partial charge in [0.1, 0.15) is 12.0 Å². The van der Waals surface area contributed by atoms with Crippen LogP contribution in [-0.2, 0) is 6.54 Å². The van der Waals surface area contributed by atoms with Crippen LogP contribution in [0.5, 0.6) is 0 Å². The number of halogens is 1. The Morgan fingerprint density at radius 3 is 2.50 bits per heavy atom. The van der Waals surface area contributed by atoms with Crippen molar-refractivity contribution in [1.82, 2.24) is 5.32 Å². The second-order valence-corrected chi connectivity index (χ2v) is 5.48. The van der Waals surface area contributed by atoms with Crippen LogP contribution in [0.15, 0.2) is 47.1 Å². The van der Waals surface area contributed by atoms with Gasteiger partial charge >= 0.3 is 0 Å². The third kappa shape index (κ3) is 4.61. The molecular weight excluding hydrogens is 300 g/mol. The molecule has 0 radical (unpaired) electrons. The van der Waals surface area contributed by atoms with E-state index < -0.39 is 0 Å². The summed E-state index contributed by atoms with van der Waals surface area (Å²) in [6.07, 6.45) is 1.45. The molecule has 0 aliphatic rings. The van der Waals surface area contributed by atoms with E-state index in [0.717, 1.165) is 0 Å². The molecule has 1 amide bonds. The number of rotatable bonds is 6. The molecule has 0 saturated carbocycles. The summed E-state index contributed by atoms with van der Waals surface area (Å²) in [5.74, 6) is 1.22. The van der Waals surface area contributed by atoms with Gasteiger partial charge in [0.25, 0.3) is 5.91 Å². The SMILES string of the molecule is CC(C)C(CNC(=O)c1coc(CN)c1)c1ccccc1.Cl. The van der Waals surface area contributed by atoms with Gasteiger partial charge in [-0.05, 0) is 17.5 Å². The van der Waals surface area contributed by atoms with Crippen molar-refractivity contribution in [1.29, 1.82) is 0 Å². The summed E-state index contributed by atoms with van der Waals surface area (Å²) in [7, 11) is 0. The molecule has 120 valence electrons. The lowest BCUT2D eigenvalue weighted by Gasteiger charge is -2.21. The zero-order valence-corrected chi connectivity index (χ0v) is 13.7. The van der Waals surface area contributed by atoms with E-state index in [1.807, 2.05) is 18.2 Å². The van der Waals surface area contributed by atoms with Crippen molar-refractivity contribution >= 4 is 18.3 Å². The van der Waals surface area contributed by atoms with Gasteiger partial charge in [0, 0.05) is 12.5 Å². The molecule has 0 fully saturated rings. The lowest BCUT2D eigenvalue weighted by molar-refractivity contribution is 0.0948. The molecule has 0 spiro atoms. The number of hydrogen-bond donors (Lipinski definition) is 2. The monoisotopic (exact) mass is 322 g/mol. The first-order valence-electron chi connectivity index (χ1n) is 7.22. The Kier molecular flexibility index (Phi) is 7.15. The molecule has 0 saturated heterocycles. The minimum Gasteiger partial charge on any atom is -0.467 e. The van der Waals surface area contributed by atoms with Crippen LogP contribution in [0, 0.1) is 5.92 Å². The maximum atomic E-state index is 12.1. The molecule has 3 N–H and O–H groups in total. The van der Waals surface area contributed by atoms with Crippen LogP contribution >= 0.6 is 12.4 Å². The van der Waals surface area contributed by atoms with Gasteiger partial charge in [0.2, 0.25) is 0 Å². The Hall–Kier alpha value is -1.78. The van der Waals surface area contributed by atoms with E-state index in [1.165, 1.54) is 11.8 Å². The minimum atomic E-state index is -0.125. The van der Waals surface area contributed by atoms with Crippen molar-refractivity contribution in [3.05, 3.63) is 59.5 Å². The number of benzene rings is 1. The van der Waals surface area contributed by atoms with Crippen molar-refractivity contribution in [3.63, 3.8) is 0 Å². The summed E-state index contributed by atoms with van der Waals surface area (Å²) >= 11 is 0. The van der Waals surface area contributed by atoms with Crippen LogP contribution in [0.2, 0.25) is 0 Å². The number of nitrogens with two attached hydrogens (primary N) is 1. The van der Waals surface area contributed by atoms with Gasteiger partial charge in [-0.25, -0.2) is 0 Å². The molecule has 1 unspecified atom stereocenters. The highest BCUT2D eigenvalue weighted by Crippen LogP contribution is 2.23. The van der Waals surface area contributed by atoms with Crippen LogP contribution in [0.3, 0.4) is 0 Å². The fourth-order valence-electron chi connectivity index (χ4n) is 2.35. The summed E-state index contributed by atoms with van der Waals surface area (Å²) in [4.78, 5) is 12.1. The number of hydrogen-bond acceptors (Lipinski definition) is 3.